The third-order valence-corrected chi connectivity index (χ3v) is 2.83. The predicted molar refractivity (Wildman–Crippen MR) is 58.8 cm³/mol. The molecule has 0 amide bonds. The fraction of sp³-hybridized carbons (Fsp3) is 0.182. The molecule has 15 heavy (non-hydrogen) atoms. The van der Waals surface area contributed by atoms with Crippen molar-refractivity contribution in [2.45, 2.75) is 6.92 Å². The summed E-state index contributed by atoms with van der Waals surface area (Å²) < 4.78 is 18.3. The third-order valence-electron chi connectivity index (χ3n) is 2.06. The van der Waals surface area contributed by atoms with Gasteiger partial charge in [-0.2, -0.15) is 0 Å². The molecule has 0 radical (unpaired) electrons. The molecule has 0 aliphatic heterocycles. The number of aryl methyl sites for hydroxylation is 1. The van der Waals surface area contributed by atoms with Crippen molar-refractivity contribution in [1.29, 1.82) is 0 Å². The van der Waals surface area contributed by atoms with E-state index in [1.54, 1.807) is 13.2 Å². The molecule has 0 unspecified atom stereocenters. The van der Waals surface area contributed by atoms with Crippen LogP contribution in [0.3, 0.4) is 0 Å². The maximum Gasteiger partial charge on any atom is 0.128 e. The van der Waals surface area contributed by atoms with Gasteiger partial charge in [-0.15, -0.1) is 11.3 Å². The van der Waals surface area contributed by atoms with Crippen molar-refractivity contribution in [3.63, 3.8) is 0 Å². The number of hydrogen-bond donors (Lipinski definition) is 0. The first-order valence-corrected chi connectivity index (χ1v) is 5.34. The second-order valence-electron chi connectivity index (χ2n) is 3.10. The van der Waals surface area contributed by atoms with Crippen LogP contribution in [0.15, 0.2) is 23.6 Å². The summed E-state index contributed by atoms with van der Waals surface area (Å²) in [6, 6.07) is 4.42. The Kier molecular flexibility index (Phi) is 2.68. The van der Waals surface area contributed by atoms with Gasteiger partial charge in [-0.25, -0.2) is 9.37 Å². The number of aromatic nitrogens is 1. The van der Waals surface area contributed by atoms with Gasteiger partial charge in [-0.05, 0) is 25.1 Å². The van der Waals surface area contributed by atoms with E-state index in [9.17, 15) is 4.39 Å². The second-order valence-corrected chi connectivity index (χ2v) is 4.16. The normalized spacial score (nSPS) is 10.3. The molecule has 2 aromatic rings. The molecule has 0 atom stereocenters. The summed E-state index contributed by atoms with van der Waals surface area (Å²) in [5.74, 6) is 0.359. The van der Waals surface area contributed by atoms with Crippen molar-refractivity contribution in [3.05, 3.63) is 34.4 Å². The number of rotatable bonds is 2. The zero-order valence-corrected chi connectivity index (χ0v) is 9.27. The summed E-state index contributed by atoms with van der Waals surface area (Å²) in [6.45, 7) is 1.92. The van der Waals surface area contributed by atoms with E-state index in [0.29, 0.717) is 11.3 Å². The number of methoxy groups -OCH3 is 1. The first-order chi connectivity index (χ1) is 7.20. The monoisotopic (exact) mass is 223 g/mol. The SMILES string of the molecule is COc1ccc(F)cc1-c1csc(C)n1. The van der Waals surface area contributed by atoms with Crippen molar-refractivity contribution in [2.24, 2.45) is 0 Å². The number of halogens is 1. The van der Waals surface area contributed by atoms with Gasteiger partial charge < -0.3 is 4.74 Å². The maximum atomic E-state index is 13.1. The van der Waals surface area contributed by atoms with Gasteiger partial charge in [-0.3, -0.25) is 0 Å². The molecular weight excluding hydrogens is 213 g/mol. The van der Waals surface area contributed by atoms with E-state index in [4.69, 9.17) is 4.74 Å². The summed E-state index contributed by atoms with van der Waals surface area (Å²) in [5, 5.41) is 2.85. The summed E-state index contributed by atoms with van der Waals surface area (Å²) in [6.07, 6.45) is 0. The molecule has 4 heteroatoms. The molecule has 0 spiro atoms. The number of hydrogen-bond acceptors (Lipinski definition) is 3. The molecule has 0 bridgehead atoms. The highest BCUT2D eigenvalue weighted by molar-refractivity contribution is 7.09. The van der Waals surface area contributed by atoms with Crippen LogP contribution in [0.4, 0.5) is 4.39 Å². The quantitative estimate of drug-likeness (QED) is 0.779. The standard InChI is InChI=1S/C11H10FNOS/c1-7-13-10(6-15-7)9-5-8(12)3-4-11(9)14-2/h3-6H,1-2H3. The number of thiazole rings is 1. The molecule has 0 saturated carbocycles. The Morgan fingerprint density at radius 1 is 1.40 bits per heavy atom. The minimum absolute atomic E-state index is 0.281. The van der Waals surface area contributed by atoms with Gasteiger partial charge >= 0.3 is 0 Å². The third kappa shape index (κ3) is 1.99. The molecule has 1 aromatic heterocycles. The fourth-order valence-electron chi connectivity index (χ4n) is 1.37. The molecule has 0 aliphatic carbocycles. The Bertz CT molecular complexity index is 481. The molecule has 0 aliphatic rings. The van der Waals surface area contributed by atoms with Crippen LogP contribution in [-0.4, -0.2) is 12.1 Å². The van der Waals surface area contributed by atoms with Gasteiger partial charge in [0, 0.05) is 10.9 Å². The lowest BCUT2D eigenvalue weighted by molar-refractivity contribution is 0.415. The van der Waals surface area contributed by atoms with Crippen molar-refractivity contribution in [1.82, 2.24) is 4.98 Å². The molecule has 1 heterocycles. The molecule has 1 aromatic carbocycles. The highest BCUT2D eigenvalue weighted by atomic mass is 32.1. The topological polar surface area (TPSA) is 22.1 Å². The van der Waals surface area contributed by atoms with E-state index in [1.807, 2.05) is 12.3 Å². The highest BCUT2D eigenvalue weighted by Crippen LogP contribution is 2.31. The second kappa shape index (κ2) is 3.98. The number of benzene rings is 1. The average Bonchev–Trinajstić information content (AvgIpc) is 2.65. The molecule has 78 valence electrons. The first-order valence-electron chi connectivity index (χ1n) is 4.47. The minimum Gasteiger partial charge on any atom is -0.496 e. The van der Waals surface area contributed by atoms with Crippen molar-refractivity contribution in [3.8, 4) is 17.0 Å². The lowest BCUT2D eigenvalue weighted by atomic mass is 10.1. The summed E-state index contributed by atoms with van der Waals surface area (Å²) in [5.41, 5.74) is 1.45. The van der Waals surface area contributed by atoms with Gasteiger partial charge in [-0.1, -0.05) is 0 Å². The van der Waals surface area contributed by atoms with E-state index in [0.717, 1.165) is 10.7 Å². The Morgan fingerprint density at radius 2 is 2.20 bits per heavy atom. The lowest BCUT2D eigenvalue weighted by Gasteiger charge is -2.05. The van der Waals surface area contributed by atoms with Crippen molar-refractivity contribution in [2.75, 3.05) is 7.11 Å². The van der Waals surface area contributed by atoms with Crippen molar-refractivity contribution < 1.29 is 9.13 Å². The smallest absolute Gasteiger partial charge is 0.128 e. The summed E-state index contributed by atoms with van der Waals surface area (Å²) in [4.78, 5) is 4.30. The van der Waals surface area contributed by atoms with Gasteiger partial charge in [0.1, 0.15) is 11.6 Å². The molecule has 2 rings (SSSR count). The molecular formula is C11H10FNOS. The van der Waals surface area contributed by atoms with Crippen LogP contribution in [-0.2, 0) is 0 Å². The largest absolute Gasteiger partial charge is 0.496 e. The number of nitrogens with zero attached hydrogens (tertiary/aromatic N) is 1. The van der Waals surface area contributed by atoms with Crippen LogP contribution in [0.2, 0.25) is 0 Å². The zero-order valence-electron chi connectivity index (χ0n) is 8.45. The summed E-state index contributed by atoms with van der Waals surface area (Å²) in [7, 11) is 1.57. The van der Waals surface area contributed by atoms with Gasteiger partial charge in [0.2, 0.25) is 0 Å². The first kappa shape index (κ1) is 10.1. The fourth-order valence-corrected chi connectivity index (χ4v) is 1.98. The predicted octanol–water partition coefficient (Wildman–Crippen LogP) is 3.27. The Hall–Kier alpha value is -1.42. The average molecular weight is 223 g/mol. The Morgan fingerprint density at radius 3 is 2.80 bits per heavy atom. The summed E-state index contributed by atoms with van der Waals surface area (Å²) >= 11 is 1.54. The van der Waals surface area contributed by atoms with E-state index in [1.165, 1.54) is 23.5 Å². The number of ether oxygens (including phenoxy) is 1. The van der Waals surface area contributed by atoms with Crippen molar-refractivity contribution >= 4 is 11.3 Å². The minimum atomic E-state index is -0.281. The molecule has 2 nitrogen and oxygen atoms in total. The van der Waals surface area contributed by atoms with Crippen LogP contribution < -0.4 is 4.74 Å². The van der Waals surface area contributed by atoms with E-state index >= 15 is 0 Å². The highest BCUT2D eigenvalue weighted by Gasteiger charge is 2.09. The Labute approximate surface area is 91.4 Å². The van der Waals surface area contributed by atoms with E-state index in [-0.39, 0.29) is 5.82 Å². The molecule has 0 fully saturated rings. The molecule has 0 saturated heterocycles. The van der Waals surface area contributed by atoms with E-state index in [2.05, 4.69) is 4.98 Å². The van der Waals surface area contributed by atoms with Crippen LogP contribution in [0.5, 0.6) is 5.75 Å². The van der Waals surface area contributed by atoms with Gasteiger partial charge in [0.25, 0.3) is 0 Å². The lowest BCUT2D eigenvalue weighted by Crippen LogP contribution is -1.89. The zero-order chi connectivity index (χ0) is 10.8. The van der Waals surface area contributed by atoms with Crippen LogP contribution >= 0.6 is 11.3 Å². The Balaban J connectivity index is 2.55. The van der Waals surface area contributed by atoms with Crippen LogP contribution in [0.1, 0.15) is 5.01 Å². The maximum absolute atomic E-state index is 13.1. The van der Waals surface area contributed by atoms with Crippen LogP contribution in [0, 0.1) is 12.7 Å². The van der Waals surface area contributed by atoms with E-state index < -0.39 is 0 Å². The van der Waals surface area contributed by atoms with Gasteiger partial charge in [0.15, 0.2) is 0 Å². The van der Waals surface area contributed by atoms with Crippen LogP contribution in [0.25, 0.3) is 11.3 Å². The molecule has 0 N–H and O–H groups in total. The van der Waals surface area contributed by atoms with Gasteiger partial charge in [0.05, 0.1) is 17.8 Å².